The summed E-state index contributed by atoms with van der Waals surface area (Å²) in [5.41, 5.74) is 2.30. The molecule has 8 nitrogen and oxygen atoms in total. The van der Waals surface area contributed by atoms with Gasteiger partial charge in [0.25, 0.3) is 0 Å². The summed E-state index contributed by atoms with van der Waals surface area (Å²) in [5, 5.41) is 4.93. The number of nitrogens with one attached hydrogen (secondary N) is 2. The van der Waals surface area contributed by atoms with Gasteiger partial charge in [-0.15, -0.1) is 0 Å². The molecule has 8 heteroatoms. The lowest BCUT2D eigenvalue weighted by Crippen LogP contribution is -2.43. The molecule has 3 amide bonds. The highest BCUT2D eigenvalue weighted by atomic mass is 16.5. The van der Waals surface area contributed by atoms with Crippen LogP contribution >= 0.6 is 0 Å². The second kappa shape index (κ2) is 9.91. The van der Waals surface area contributed by atoms with Gasteiger partial charge in [0.15, 0.2) is 0 Å². The zero-order valence-electron chi connectivity index (χ0n) is 16.0. The van der Waals surface area contributed by atoms with Gasteiger partial charge in [-0.25, -0.2) is 4.79 Å². The summed E-state index contributed by atoms with van der Waals surface area (Å²) in [6.07, 6.45) is 1.53. The van der Waals surface area contributed by atoms with Gasteiger partial charge in [-0.05, 0) is 30.8 Å². The first-order valence-electron chi connectivity index (χ1n) is 9.31. The summed E-state index contributed by atoms with van der Waals surface area (Å²) in [7, 11) is 1.86. The molecule has 0 bridgehead atoms. The number of rotatable bonds is 7. The van der Waals surface area contributed by atoms with Crippen molar-refractivity contribution in [2.75, 3.05) is 44.8 Å². The first-order valence-corrected chi connectivity index (χ1v) is 9.31. The van der Waals surface area contributed by atoms with Gasteiger partial charge in [-0.3, -0.25) is 15.0 Å². The van der Waals surface area contributed by atoms with E-state index in [2.05, 4.69) is 27.7 Å². The second-order valence-corrected chi connectivity index (χ2v) is 6.71. The Kier molecular flexibility index (Phi) is 7.05. The minimum Gasteiger partial charge on any atom is -0.467 e. The molecule has 3 rings (SSSR count). The van der Waals surface area contributed by atoms with Gasteiger partial charge < -0.3 is 19.4 Å². The number of anilines is 1. The molecule has 1 aromatic heterocycles. The van der Waals surface area contributed by atoms with Crippen molar-refractivity contribution in [3.05, 3.63) is 54.0 Å². The molecule has 0 atom stereocenters. The van der Waals surface area contributed by atoms with Gasteiger partial charge in [0.05, 0.1) is 32.6 Å². The van der Waals surface area contributed by atoms with Crippen molar-refractivity contribution in [3.63, 3.8) is 0 Å². The molecular formula is C20H26N4O4. The molecule has 150 valence electrons. The highest BCUT2D eigenvalue weighted by molar-refractivity contribution is 5.95. The van der Waals surface area contributed by atoms with Crippen LogP contribution in [0.25, 0.3) is 0 Å². The highest BCUT2D eigenvalue weighted by Crippen LogP contribution is 2.22. The fourth-order valence-corrected chi connectivity index (χ4v) is 3.14. The fourth-order valence-electron chi connectivity index (χ4n) is 3.14. The Labute approximate surface area is 164 Å². The number of imide groups is 1. The summed E-state index contributed by atoms with van der Waals surface area (Å²) in [4.78, 5) is 28.1. The second-order valence-electron chi connectivity index (χ2n) is 6.71. The third-order valence-corrected chi connectivity index (χ3v) is 4.45. The van der Waals surface area contributed by atoms with Gasteiger partial charge >= 0.3 is 6.03 Å². The van der Waals surface area contributed by atoms with Crippen LogP contribution < -0.4 is 15.5 Å². The Balaban J connectivity index is 1.47. The van der Waals surface area contributed by atoms with Crippen LogP contribution in [0, 0.1) is 0 Å². The molecule has 1 aliphatic rings. The van der Waals surface area contributed by atoms with Crippen molar-refractivity contribution < 1.29 is 18.7 Å². The zero-order valence-corrected chi connectivity index (χ0v) is 16.0. The number of furan rings is 1. The molecule has 0 radical (unpaired) electrons. The van der Waals surface area contributed by atoms with E-state index in [0.29, 0.717) is 12.3 Å². The first-order chi connectivity index (χ1) is 13.6. The number of carbonyl (C=O) groups excluding carboxylic acids is 2. The first kappa shape index (κ1) is 19.9. The topological polar surface area (TPSA) is 87.1 Å². The zero-order chi connectivity index (χ0) is 19.8. The number of morpholine rings is 1. The number of urea groups is 1. The van der Waals surface area contributed by atoms with Crippen LogP contribution in [0.15, 0.2) is 47.1 Å². The minimum absolute atomic E-state index is 0.117. The van der Waals surface area contributed by atoms with Crippen LogP contribution in [-0.4, -0.2) is 56.7 Å². The molecule has 0 aliphatic carbocycles. The molecule has 1 aromatic carbocycles. The average molecular weight is 386 g/mol. The summed E-state index contributed by atoms with van der Waals surface area (Å²) >= 11 is 0. The van der Waals surface area contributed by atoms with Crippen LogP contribution in [0.2, 0.25) is 0 Å². The Morgan fingerprint density at radius 3 is 2.68 bits per heavy atom. The lowest BCUT2D eigenvalue weighted by Gasteiger charge is -2.31. The van der Waals surface area contributed by atoms with Crippen LogP contribution in [0.1, 0.15) is 11.3 Å². The Bertz CT molecular complexity index is 772. The molecule has 0 unspecified atom stereocenters. The third kappa shape index (κ3) is 5.83. The molecule has 2 heterocycles. The van der Waals surface area contributed by atoms with Crippen LogP contribution in [-0.2, 0) is 22.6 Å². The summed E-state index contributed by atoms with van der Waals surface area (Å²) in [5.74, 6) is 0.266. The predicted molar refractivity (Wildman–Crippen MR) is 105 cm³/mol. The molecule has 2 aromatic rings. The maximum atomic E-state index is 12.1. The molecule has 1 aliphatic heterocycles. The van der Waals surface area contributed by atoms with Crippen LogP contribution in [0.4, 0.5) is 10.5 Å². The van der Waals surface area contributed by atoms with Crippen molar-refractivity contribution in [2.45, 2.75) is 13.1 Å². The van der Waals surface area contributed by atoms with Crippen molar-refractivity contribution in [2.24, 2.45) is 0 Å². The number of hydrogen-bond donors (Lipinski definition) is 2. The van der Waals surface area contributed by atoms with E-state index in [1.54, 1.807) is 12.1 Å². The number of benzene rings is 1. The van der Waals surface area contributed by atoms with Gasteiger partial charge in [-0.1, -0.05) is 18.2 Å². The lowest BCUT2D eigenvalue weighted by molar-refractivity contribution is -0.120. The lowest BCUT2D eigenvalue weighted by atomic mass is 10.1. The largest absolute Gasteiger partial charge is 0.467 e. The smallest absolute Gasteiger partial charge is 0.321 e. The average Bonchev–Trinajstić information content (AvgIpc) is 3.21. The molecule has 28 heavy (non-hydrogen) atoms. The minimum atomic E-state index is -0.538. The fraction of sp³-hybridized carbons (Fsp3) is 0.400. The SMILES string of the molecule is CN(CC(=O)NC(=O)NCc1ccco1)Cc1ccccc1N1CCOCC1. The highest BCUT2D eigenvalue weighted by Gasteiger charge is 2.16. The Morgan fingerprint density at radius 2 is 1.93 bits per heavy atom. The molecule has 1 fully saturated rings. The molecular weight excluding hydrogens is 360 g/mol. The third-order valence-electron chi connectivity index (χ3n) is 4.45. The summed E-state index contributed by atoms with van der Waals surface area (Å²) in [6.45, 7) is 4.11. The predicted octanol–water partition coefficient (Wildman–Crippen LogP) is 1.57. The number of nitrogens with zero attached hydrogens (tertiary/aromatic N) is 2. The molecule has 0 spiro atoms. The maximum Gasteiger partial charge on any atom is 0.321 e. The van der Waals surface area contributed by atoms with Crippen molar-refractivity contribution in [1.82, 2.24) is 15.5 Å². The maximum absolute atomic E-state index is 12.1. The number of hydrogen-bond acceptors (Lipinski definition) is 6. The van der Waals surface area contributed by atoms with Crippen molar-refractivity contribution in [1.29, 1.82) is 0 Å². The van der Waals surface area contributed by atoms with Crippen molar-refractivity contribution in [3.8, 4) is 0 Å². The van der Waals surface area contributed by atoms with Gasteiger partial charge in [0, 0.05) is 25.3 Å². The number of ether oxygens (including phenoxy) is 1. The Hall–Kier alpha value is -2.84. The van der Waals surface area contributed by atoms with E-state index < -0.39 is 6.03 Å². The van der Waals surface area contributed by atoms with E-state index in [1.807, 2.05) is 24.1 Å². The Morgan fingerprint density at radius 1 is 1.14 bits per heavy atom. The molecule has 0 saturated carbocycles. The molecule has 1 saturated heterocycles. The van der Waals surface area contributed by atoms with Crippen LogP contribution in [0.5, 0.6) is 0 Å². The quantitative estimate of drug-likeness (QED) is 0.751. The van der Waals surface area contributed by atoms with E-state index in [1.165, 1.54) is 6.26 Å². The van der Waals surface area contributed by atoms with E-state index in [9.17, 15) is 9.59 Å². The van der Waals surface area contributed by atoms with E-state index in [-0.39, 0.29) is 19.0 Å². The number of likely N-dealkylation sites (N-methyl/N-ethyl adjacent to an activating group) is 1. The number of amides is 3. The van der Waals surface area contributed by atoms with E-state index in [0.717, 1.165) is 37.6 Å². The van der Waals surface area contributed by atoms with Crippen molar-refractivity contribution >= 4 is 17.6 Å². The summed E-state index contributed by atoms with van der Waals surface area (Å²) < 4.78 is 10.6. The number of carbonyl (C=O) groups is 2. The van der Waals surface area contributed by atoms with E-state index in [4.69, 9.17) is 9.15 Å². The normalized spacial score (nSPS) is 14.1. The van der Waals surface area contributed by atoms with Gasteiger partial charge in [0.2, 0.25) is 5.91 Å². The number of para-hydroxylation sites is 1. The van der Waals surface area contributed by atoms with Gasteiger partial charge in [0.1, 0.15) is 5.76 Å². The van der Waals surface area contributed by atoms with E-state index >= 15 is 0 Å². The van der Waals surface area contributed by atoms with Crippen LogP contribution in [0.3, 0.4) is 0 Å². The van der Waals surface area contributed by atoms with Gasteiger partial charge in [-0.2, -0.15) is 0 Å². The monoisotopic (exact) mass is 386 g/mol. The molecule has 2 N–H and O–H groups in total. The summed E-state index contributed by atoms with van der Waals surface area (Å²) in [6, 6.07) is 11.1. The standard InChI is InChI=1S/C20H26N4O4/c1-23(15-19(25)22-20(26)21-13-17-6-4-10-28-17)14-16-5-2-3-7-18(16)24-8-11-27-12-9-24/h2-7,10H,8-9,11-15H2,1H3,(H2,21,22,25,26).